The van der Waals surface area contributed by atoms with Crippen LogP contribution in [0.4, 0.5) is 0 Å². The van der Waals surface area contributed by atoms with Crippen LogP contribution < -0.4 is 0 Å². The molecule has 0 aliphatic heterocycles. The maximum atomic E-state index is 12.5. The van der Waals surface area contributed by atoms with Gasteiger partial charge in [-0.1, -0.05) is 30.3 Å². The molecule has 0 atom stereocenters. The van der Waals surface area contributed by atoms with Gasteiger partial charge in [0.1, 0.15) is 12.1 Å². The van der Waals surface area contributed by atoms with Crippen molar-refractivity contribution in [1.82, 2.24) is 4.90 Å². The molecule has 116 valence electrons. The number of esters is 1. The van der Waals surface area contributed by atoms with Gasteiger partial charge in [-0.25, -0.2) is 0 Å². The van der Waals surface area contributed by atoms with Gasteiger partial charge in [0, 0.05) is 13.7 Å². The Bertz CT molecular complexity index is 470. The summed E-state index contributed by atoms with van der Waals surface area (Å²) in [4.78, 5) is 25.7. The Morgan fingerprint density at radius 1 is 1.19 bits per heavy atom. The van der Waals surface area contributed by atoms with E-state index in [1.807, 2.05) is 30.3 Å². The van der Waals surface area contributed by atoms with Gasteiger partial charge in [-0.3, -0.25) is 9.59 Å². The molecule has 0 saturated heterocycles. The number of hydrogen-bond donors (Lipinski definition) is 0. The summed E-state index contributed by atoms with van der Waals surface area (Å²) in [5, 5.41) is 0. The number of carbonyl (C=O) groups excluding carboxylic acids is 2. The van der Waals surface area contributed by atoms with Crippen molar-refractivity contribution >= 4 is 11.9 Å². The highest BCUT2D eigenvalue weighted by atomic mass is 16.5. The van der Waals surface area contributed by atoms with Gasteiger partial charge in [-0.05, 0) is 26.3 Å². The fourth-order valence-electron chi connectivity index (χ4n) is 1.83. The smallest absolute Gasteiger partial charge is 0.325 e. The van der Waals surface area contributed by atoms with Crippen LogP contribution in [0.3, 0.4) is 0 Å². The van der Waals surface area contributed by atoms with Crippen LogP contribution in [0.1, 0.15) is 26.3 Å². The lowest BCUT2D eigenvalue weighted by atomic mass is 10.1. The van der Waals surface area contributed by atoms with Crippen molar-refractivity contribution < 1.29 is 19.1 Å². The van der Waals surface area contributed by atoms with Crippen LogP contribution in [-0.2, 0) is 25.6 Å². The van der Waals surface area contributed by atoms with Gasteiger partial charge in [0.05, 0.1) is 6.61 Å². The highest BCUT2D eigenvalue weighted by Gasteiger charge is 2.33. The van der Waals surface area contributed by atoms with Crippen molar-refractivity contribution in [1.29, 1.82) is 0 Å². The van der Waals surface area contributed by atoms with E-state index in [1.54, 1.807) is 20.8 Å². The van der Waals surface area contributed by atoms with E-state index in [1.165, 1.54) is 12.0 Å². The molecule has 1 aromatic rings. The number of carbonyl (C=O) groups is 2. The first-order chi connectivity index (χ1) is 9.90. The molecule has 1 rings (SSSR count). The minimum absolute atomic E-state index is 0.0889. The number of amides is 1. The summed E-state index contributed by atoms with van der Waals surface area (Å²) in [6.45, 7) is 5.64. The molecule has 1 aromatic carbocycles. The maximum absolute atomic E-state index is 12.5. The molecule has 0 unspecified atom stereocenters. The van der Waals surface area contributed by atoms with E-state index in [-0.39, 0.29) is 12.5 Å². The van der Waals surface area contributed by atoms with Gasteiger partial charge in [0.15, 0.2) is 0 Å². The van der Waals surface area contributed by atoms with E-state index >= 15 is 0 Å². The van der Waals surface area contributed by atoms with Gasteiger partial charge in [0.25, 0.3) is 5.91 Å². The van der Waals surface area contributed by atoms with Gasteiger partial charge >= 0.3 is 5.97 Å². The molecule has 0 aliphatic carbocycles. The number of ether oxygens (including phenoxy) is 2. The van der Waals surface area contributed by atoms with Gasteiger partial charge in [0.2, 0.25) is 0 Å². The average molecular weight is 293 g/mol. The lowest BCUT2D eigenvalue weighted by molar-refractivity contribution is -0.158. The van der Waals surface area contributed by atoms with Crippen molar-refractivity contribution in [2.45, 2.75) is 32.9 Å². The summed E-state index contributed by atoms with van der Waals surface area (Å²) >= 11 is 0. The molecule has 0 fully saturated rings. The molecule has 0 radical (unpaired) electrons. The predicted molar refractivity (Wildman–Crippen MR) is 79.6 cm³/mol. The Hall–Kier alpha value is -1.88. The molecule has 0 N–H and O–H groups in total. The molecule has 5 heteroatoms. The maximum Gasteiger partial charge on any atom is 0.325 e. The summed E-state index contributed by atoms with van der Waals surface area (Å²) in [6.07, 6.45) is 0. The van der Waals surface area contributed by atoms with E-state index < -0.39 is 11.6 Å². The number of hydrogen-bond acceptors (Lipinski definition) is 4. The molecular weight excluding hydrogens is 270 g/mol. The van der Waals surface area contributed by atoms with E-state index in [2.05, 4.69) is 0 Å². The van der Waals surface area contributed by atoms with Crippen molar-refractivity contribution in [3.05, 3.63) is 35.9 Å². The Labute approximate surface area is 125 Å². The van der Waals surface area contributed by atoms with Gasteiger partial charge in [-0.2, -0.15) is 0 Å². The third kappa shape index (κ3) is 5.19. The topological polar surface area (TPSA) is 55.8 Å². The fraction of sp³-hybridized carbons (Fsp3) is 0.500. The zero-order valence-corrected chi connectivity index (χ0v) is 13.1. The molecule has 5 nitrogen and oxygen atoms in total. The van der Waals surface area contributed by atoms with Crippen LogP contribution in [0.2, 0.25) is 0 Å². The van der Waals surface area contributed by atoms with Crippen LogP contribution >= 0.6 is 0 Å². The quantitative estimate of drug-likeness (QED) is 0.722. The molecule has 0 saturated carbocycles. The molecular formula is C16H23NO4. The molecule has 0 aliphatic rings. The molecule has 0 spiro atoms. The molecule has 0 aromatic heterocycles. The molecule has 1 amide bonds. The first kappa shape index (κ1) is 17.2. The van der Waals surface area contributed by atoms with Crippen LogP contribution in [0, 0.1) is 0 Å². The normalized spacial score (nSPS) is 11.0. The highest BCUT2D eigenvalue weighted by Crippen LogP contribution is 2.15. The summed E-state index contributed by atoms with van der Waals surface area (Å²) in [6, 6.07) is 9.50. The Kier molecular flexibility index (Phi) is 6.37. The van der Waals surface area contributed by atoms with Crippen molar-refractivity contribution in [3.63, 3.8) is 0 Å². The van der Waals surface area contributed by atoms with Crippen LogP contribution in [-0.4, -0.2) is 42.6 Å². The molecule has 21 heavy (non-hydrogen) atoms. The third-order valence-electron chi connectivity index (χ3n) is 3.15. The predicted octanol–water partition coefficient (Wildman–Crippen LogP) is 2.00. The standard InChI is InChI=1S/C16H23NO4/c1-5-21-14(18)12-17(15(19)16(2,3)20-4)11-13-9-7-6-8-10-13/h6-10H,5,11-12H2,1-4H3. The Morgan fingerprint density at radius 2 is 1.81 bits per heavy atom. The van der Waals surface area contributed by atoms with Gasteiger partial charge < -0.3 is 14.4 Å². The highest BCUT2D eigenvalue weighted by molar-refractivity contribution is 5.87. The van der Waals surface area contributed by atoms with Crippen molar-refractivity contribution in [2.75, 3.05) is 20.3 Å². The summed E-state index contributed by atoms with van der Waals surface area (Å²) < 4.78 is 10.1. The summed E-state index contributed by atoms with van der Waals surface area (Å²) in [5.41, 5.74) is -0.0385. The van der Waals surface area contributed by atoms with Crippen LogP contribution in [0.25, 0.3) is 0 Å². The first-order valence-corrected chi connectivity index (χ1v) is 6.94. The fourth-order valence-corrected chi connectivity index (χ4v) is 1.83. The lowest BCUT2D eigenvalue weighted by Crippen LogP contribution is -2.48. The third-order valence-corrected chi connectivity index (χ3v) is 3.15. The second-order valence-corrected chi connectivity index (χ2v) is 5.17. The monoisotopic (exact) mass is 293 g/mol. The second-order valence-electron chi connectivity index (χ2n) is 5.17. The van der Waals surface area contributed by atoms with Crippen LogP contribution in [0.15, 0.2) is 30.3 Å². The Balaban J connectivity index is 2.89. The van der Waals surface area contributed by atoms with E-state index in [0.29, 0.717) is 13.2 Å². The van der Waals surface area contributed by atoms with Crippen molar-refractivity contribution in [2.24, 2.45) is 0 Å². The summed E-state index contributed by atoms with van der Waals surface area (Å²) in [7, 11) is 1.48. The SMILES string of the molecule is CCOC(=O)CN(Cc1ccccc1)C(=O)C(C)(C)OC. The zero-order valence-electron chi connectivity index (χ0n) is 13.1. The van der Waals surface area contributed by atoms with E-state index in [9.17, 15) is 9.59 Å². The minimum atomic E-state index is -0.985. The zero-order chi connectivity index (χ0) is 15.9. The minimum Gasteiger partial charge on any atom is -0.465 e. The first-order valence-electron chi connectivity index (χ1n) is 6.94. The number of rotatable bonds is 7. The number of methoxy groups -OCH3 is 1. The second kappa shape index (κ2) is 7.78. The van der Waals surface area contributed by atoms with E-state index in [4.69, 9.17) is 9.47 Å². The molecule has 0 heterocycles. The van der Waals surface area contributed by atoms with Crippen LogP contribution in [0.5, 0.6) is 0 Å². The largest absolute Gasteiger partial charge is 0.465 e. The lowest BCUT2D eigenvalue weighted by Gasteiger charge is -2.30. The van der Waals surface area contributed by atoms with E-state index in [0.717, 1.165) is 5.56 Å². The average Bonchev–Trinajstić information content (AvgIpc) is 2.47. The summed E-state index contributed by atoms with van der Waals surface area (Å²) in [5.74, 6) is -0.671. The Morgan fingerprint density at radius 3 is 2.33 bits per heavy atom. The molecule has 0 bridgehead atoms. The number of benzene rings is 1. The van der Waals surface area contributed by atoms with Crippen molar-refractivity contribution in [3.8, 4) is 0 Å². The van der Waals surface area contributed by atoms with Gasteiger partial charge in [-0.15, -0.1) is 0 Å². The number of nitrogens with zero attached hydrogens (tertiary/aromatic N) is 1.